The van der Waals surface area contributed by atoms with Crippen LogP contribution in [0.2, 0.25) is 5.02 Å². The summed E-state index contributed by atoms with van der Waals surface area (Å²) in [5.74, 6) is -0.176. The molecule has 0 radical (unpaired) electrons. The minimum Gasteiger partial charge on any atom is -0.324 e. The van der Waals surface area contributed by atoms with Crippen molar-refractivity contribution in [1.29, 1.82) is 0 Å². The Balaban J connectivity index is 2.01. The zero-order valence-electron chi connectivity index (χ0n) is 12.5. The number of nitrogens with one attached hydrogen (secondary N) is 1. The molecule has 0 saturated carbocycles. The molecule has 0 atom stereocenters. The molecule has 8 heteroatoms. The van der Waals surface area contributed by atoms with Crippen LogP contribution in [0, 0.1) is 6.92 Å². The van der Waals surface area contributed by atoms with Crippen molar-refractivity contribution < 1.29 is 13.6 Å². The molecule has 0 unspecified atom stereocenters. The molecule has 24 heavy (non-hydrogen) atoms. The summed E-state index contributed by atoms with van der Waals surface area (Å²) in [6.45, 7) is -1.04. The second-order valence-electron chi connectivity index (χ2n) is 5.61. The van der Waals surface area contributed by atoms with Crippen LogP contribution in [0.1, 0.15) is 17.8 Å². The second kappa shape index (κ2) is 5.24. The molecule has 1 aromatic carbocycles. The molecule has 2 aromatic heterocycles. The third-order valence-electron chi connectivity index (χ3n) is 3.93. The Morgan fingerprint density at radius 1 is 1.33 bits per heavy atom. The summed E-state index contributed by atoms with van der Waals surface area (Å²) in [5, 5.41) is 6.91. The van der Waals surface area contributed by atoms with Crippen LogP contribution < -0.4 is 5.32 Å². The number of aromatic nitrogens is 3. The molecule has 1 aliphatic heterocycles. The van der Waals surface area contributed by atoms with Gasteiger partial charge < -0.3 is 5.32 Å². The van der Waals surface area contributed by atoms with Gasteiger partial charge in [-0.15, -0.1) is 0 Å². The van der Waals surface area contributed by atoms with E-state index in [0.29, 0.717) is 43.2 Å². The number of fused-ring (bicyclic) bond motifs is 2. The SMILES string of the molecule is Cc1ccc2nn(C(F)F)c(-c3cc(Cl)c4c(c3)CC(=O)N4)c2n1. The van der Waals surface area contributed by atoms with Crippen LogP contribution in [0.3, 0.4) is 0 Å². The number of rotatable bonds is 2. The van der Waals surface area contributed by atoms with Gasteiger partial charge in [0.25, 0.3) is 0 Å². The molecule has 1 aliphatic rings. The fraction of sp³-hybridized carbons (Fsp3) is 0.188. The molecule has 3 aromatic rings. The third kappa shape index (κ3) is 2.24. The van der Waals surface area contributed by atoms with Crippen molar-refractivity contribution in [2.24, 2.45) is 0 Å². The van der Waals surface area contributed by atoms with Crippen molar-refractivity contribution in [3.8, 4) is 11.3 Å². The number of alkyl halides is 2. The van der Waals surface area contributed by atoms with Crippen LogP contribution >= 0.6 is 11.6 Å². The van der Waals surface area contributed by atoms with Gasteiger partial charge in [-0.2, -0.15) is 13.9 Å². The standard InChI is InChI=1S/C16H11ClF2N4O/c1-7-2-3-11-14(20-7)15(23(22-11)16(18)19)9-4-8-6-12(24)21-13(8)10(17)5-9/h2-5,16H,6H2,1H3,(H,21,24). The normalized spacial score (nSPS) is 13.6. The number of halogens is 3. The summed E-state index contributed by atoms with van der Waals surface area (Å²) >= 11 is 6.22. The van der Waals surface area contributed by atoms with Crippen molar-refractivity contribution in [2.75, 3.05) is 5.32 Å². The van der Waals surface area contributed by atoms with Gasteiger partial charge in [0, 0.05) is 11.3 Å². The van der Waals surface area contributed by atoms with E-state index in [1.165, 1.54) is 0 Å². The highest BCUT2D eigenvalue weighted by atomic mass is 35.5. The molecular formula is C16H11ClF2N4O. The Kier molecular flexibility index (Phi) is 3.28. The molecular weight excluding hydrogens is 338 g/mol. The van der Waals surface area contributed by atoms with E-state index in [1.54, 1.807) is 31.2 Å². The smallest absolute Gasteiger partial charge is 0.324 e. The van der Waals surface area contributed by atoms with Gasteiger partial charge in [-0.3, -0.25) is 4.79 Å². The number of anilines is 1. The maximum absolute atomic E-state index is 13.5. The lowest BCUT2D eigenvalue weighted by atomic mass is 10.0. The molecule has 122 valence electrons. The first-order valence-electron chi connectivity index (χ1n) is 7.20. The zero-order valence-corrected chi connectivity index (χ0v) is 13.2. The van der Waals surface area contributed by atoms with Gasteiger partial charge in [0.05, 0.1) is 17.1 Å². The maximum atomic E-state index is 13.5. The van der Waals surface area contributed by atoms with Crippen molar-refractivity contribution in [1.82, 2.24) is 14.8 Å². The summed E-state index contributed by atoms with van der Waals surface area (Å²) in [6, 6.07) is 6.59. The second-order valence-corrected chi connectivity index (χ2v) is 6.02. The molecule has 0 saturated heterocycles. The molecule has 0 aliphatic carbocycles. The topological polar surface area (TPSA) is 59.8 Å². The fourth-order valence-electron chi connectivity index (χ4n) is 2.93. The molecule has 1 amide bonds. The molecule has 0 spiro atoms. The highest BCUT2D eigenvalue weighted by molar-refractivity contribution is 6.34. The summed E-state index contributed by atoms with van der Waals surface area (Å²) in [4.78, 5) is 15.9. The Morgan fingerprint density at radius 2 is 2.12 bits per heavy atom. The van der Waals surface area contributed by atoms with Gasteiger partial charge in [-0.25, -0.2) is 9.67 Å². The number of hydrogen-bond acceptors (Lipinski definition) is 3. The Bertz CT molecular complexity index is 999. The lowest BCUT2D eigenvalue weighted by molar-refractivity contribution is -0.115. The van der Waals surface area contributed by atoms with E-state index in [4.69, 9.17) is 11.6 Å². The Labute approximate surface area is 140 Å². The number of pyridine rings is 1. The van der Waals surface area contributed by atoms with E-state index >= 15 is 0 Å². The minimum absolute atomic E-state index is 0.163. The van der Waals surface area contributed by atoms with Crippen molar-refractivity contribution in [3.63, 3.8) is 0 Å². The van der Waals surface area contributed by atoms with Gasteiger partial charge in [0.1, 0.15) is 16.7 Å². The quantitative estimate of drug-likeness (QED) is 0.762. The molecule has 0 fully saturated rings. The number of hydrogen-bond donors (Lipinski definition) is 1. The summed E-state index contributed by atoms with van der Waals surface area (Å²) < 4.78 is 27.6. The van der Waals surface area contributed by atoms with Crippen LogP contribution in [0.5, 0.6) is 0 Å². The van der Waals surface area contributed by atoms with E-state index in [-0.39, 0.29) is 18.0 Å². The fourth-order valence-corrected chi connectivity index (χ4v) is 3.21. The highest BCUT2D eigenvalue weighted by Gasteiger charge is 2.25. The number of amides is 1. The molecule has 1 N–H and O–H groups in total. The molecule has 4 rings (SSSR count). The first kappa shape index (κ1) is 15.0. The third-order valence-corrected chi connectivity index (χ3v) is 4.23. The predicted octanol–water partition coefficient (Wildman–Crippen LogP) is 3.95. The maximum Gasteiger partial charge on any atom is 0.333 e. The first-order chi connectivity index (χ1) is 11.4. The van der Waals surface area contributed by atoms with Crippen LogP contribution in [0.4, 0.5) is 14.5 Å². The predicted molar refractivity (Wildman–Crippen MR) is 86.3 cm³/mol. The van der Waals surface area contributed by atoms with Crippen molar-refractivity contribution >= 4 is 34.2 Å². The lowest BCUT2D eigenvalue weighted by Crippen LogP contribution is -2.03. The van der Waals surface area contributed by atoms with Crippen molar-refractivity contribution in [2.45, 2.75) is 19.9 Å². The van der Waals surface area contributed by atoms with Gasteiger partial charge in [0.2, 0.25) is 5.91 Å². The number of nitrogens with zero attached hydrogens (tertiary/aromatic N) is 3. The minimum atomic E-state index is -2.82. The summed E-state index contributed by atoms with van der Waals surface area (Å²) in [6.07, 6.45) is 0.163. The largest absolute Gasteiger partial charge is 0.333 e. The molecule has 5 nitrogen and oxygen atoms in total. The van der Waals surface area contributed by atoms with Gasteiger partial charge >= 0.3 is 6.55 Å². The van der Waals surface area contributed by atoms with Gasteiger partial charge in [-0.05, 0) is 36.8 Å². The number of benzene rings is 1. The Morgan fingerprint density at radius 3 is 2.88 bits per heavy atom. The van der Waals surface area contributed by atoms with E-state index in [1.807, 2.05) is 0 Å². The van der Waals surface area contributed by atoms with Gasteiger partial charge in [-0.1, -0.05) is 11.6 Å². The van der Waals surface area contributed by atoms with Gasteiger partial charge in [0.15, 0.2) is 0 Å². The molecule has 0 bridgehead atoms. The lowest BCUT2D eigenvalue weighted by Gasteiger charge is -2.09. The van der Waals surface area contributed by atoms with E-state index in [0.717, 1.165) is 0 Å². The first-order valence-corrected chi connectivity index (χ1v) is 7.58. The summed E-state index contributed by atoms with van der Waals surface area (Å²) in [7, 11) is 0. The number of aryl methyl sites for hydroxylation is 1. The van der Waals surface area contributed by atoms with Crippen LogP contribution in [0.15, 0.2) is 24.3 Å². The number of carbonyl (C=O) groups excluding carboxylic acids is 1. The van der Waals surface area contributed by atoms with Crippen LogP contribution in [-0.2, 0) is 11.2 Å². The summed E-state index contributed by atoms with van der Waals surface area (Å²) in [5.41, 5.74) is 3.29. The van der Waals surface area contributed by atoms with Crippen molar-refractivity contribution in [3.05, 3.63) is 40.5 Å². The highest BCUT2D eigenvalue weighted by Crippen LogP contribution is 2.38. The van der Waals surface area contributed by atoms with E-state index in [9.17, 15) is 13.6 Å². The molecule has 3 heterocycles. The Hall–Kier alpha value is -2.54. The van der Waals surface area contributed by atoms with Crippen LogP contribution in [-0.4, -0.2) is 20.7 Å². The van der Waals surface area contributed by atoms with Crippen LogP contribution in [0.25, 0.3) is 22.3 Å². The average Bonchev–Trinajstić information content (AvgIpc) is 3.07. The van der Waals surface area contributed by atoms with E-state index in [2.05, 4.69) is 15.4 Å². The van der Waals surface area contributed by atoms with E-state index < -0.39 is 6.55 Å². The number of carbonyl (C=O) groups is 1. The zero-order chi connectivity index (χ0) is 17.0. The average molecular weight is 349 g/mol. The monoisotopic (exact) mass is 348 g/mol.